The standard InChI is InChI=1S/C15H15N5O2S/c1-3-5-16-13-11-9(2)12(23-15(11)19-8-18-13)14(21)17-7-10-4-6-22-20-10/h3-4,6,8H,1,5,7H2,2H3,(H,17,21)(H,16,18,19). The lowest BCUT2D eigenvalue weighted by Gasteiger charge is -2.04. The number of nitrogens with zero attached hydrogens (tertiary/aromatic N) is 3. The van der Waals surface area contributed by atoms with Gasteiger partial charge in [-0.3, -0.25) is 4.79 Å². The van der Waals surface area contributed by atoms with Crippen LogP contribution in [0.25, 0.3) is 10.2 Å². The number of aromatic nitrogens is 3. The van der Waals surface area contributed by atoms with E-state index in [2.05, 4.69) is 32.3 Å². The monoisotopic (exact) mass is 329 g/mol. The molecule has 0 unspecified atom stereocenters. The second-order valence-electron chi connectivity index (χ2n) is 4.80. The number of hydrogen-bond acceptors (Lipinski definition) is 7. The molecule has 23 heavy (non-hydrogen) atoms. The first kappa shape index (κ1) is 15.2. The van der Waals surface area contributed by atoms with Gasteiger partial charge in [-0.25, -0.2) is 9.97 Å². The molecular formula is C15H15N5O2S. The van der Waals surface area contributed by atoms with E-state index in [0.29, 0.717) is 29.5 Å². The smallest absolute Gasteiger partial charge is 0.262 e. The van der Waals surface area contributed by atoms with E-state index in [0.717, 1.165) is 15.8 Å². The van der Waals surface area contributed by atoms with Crippen LogP contribution in [0.2, 0.25) is 0 Å². The number of aryl methyl sites for hydroxylation is 1. The average Bonchev–Trinajstić information content (AvgIpc) is 3.19. The molecule has 3 aromatic rings. The number of fused-ring (bicyclic) bond motifs is 1. The van der Waals surface area contributed by atoms with E-state index >= 15 is 0 Å². The quantitative estimate of drug-likeness (QED) is 0.675. The third kappa shape index (κ3) is 3.07. The Morgan fingerprint density at radius 1 is 1.48 bits per heavy atom. The van der Waals surface area contributed by atoms with E-state index in [1.54, 1.807) is 12.1 Å². The molecule has 0 aliphatic carbocycles. The molecule has 1 amide bonds. The molecule has 0 radical (unpaired) electrons. The fourth-order valence-electron chi connectivity index (χ4n) is 2.17. The summed E-state index contributed by atoms with van der Waals surface area (Å²) in [6, 6.07) is 1.71. The first-order valence-electron chi connectivity index (χ1n) is 6.97. The van der Waals surface area contributed by atoms with E-state index < -0.39 is 0 Å². The molecule has 0 bridgehead atoms. The van der Waals surface area contributed by atoms with Crippen LogP contribution in [0.15, 0.2) is 35.8 Å². The van der Waals surface area contributed by atoms with Crippen LogP contribution < -0.4 is 10.6 Å². The van der Waals surface area contributed by atoms with Gasteiger partial charge in [0.25, 0.3) is 5.91 Å². The molecule has 0 aliphatic rings. The second kappa shape index (κ2) is 6.57. The highest BCUT2D eigenvalue weighted by atomic mass is 32.1. The molecule has 3 heterocycles. The van der Waals surface area contributed by atoms with Gasteiger partial charge in [0.1, 0.15) is 28.9 Å². The Morgan fingerprint density at radius 3 is 3.09 bits per heavy atom. The van der Waals surface area contributed by atoms with Gasteiger partial charge in [-0.1, -0.05) is 11.2 Å². The molecule has 0 atom stereocenters. The molecule has 0 aromatic carbocycles. The number of amides is 1. The summed E-state index contributed by atoms with van der Waals surface area (Å²) in [7, 11) is 0. The van der Waals surface area contributed by atoms with Gasteiger partial charge < -0.3 is 15.2 Å². The maximum Gasteiger partial charge on any atom is 0.262 e. The topological polar surface area (TPSA) is 92.9 Å². The highest BCUT2D eigenvalue weighted by Crippen LogP contribution is 2.33. The number of nitrogens with one attached hydrogen (secondary N) is 2. The van der Waals surface area contributed by atoms with Crippen molar-refractivity contribution in [2.45, 2.75) is 13.5 Å². The largest absolute Gasteiger partial charge is 0.366 e. The minimum Gasteiger partial charge on any atom is -0.366 e. The van der Waals surface area contributed by atoms with E-state index in [9.17, 15) is 4.79 Å². The SMILES string of the molecule is C=CCNc1ncnc2sc(C(=O)NCc3ccon3)c(C)c12. The number of rotatable bonds is 6. The Bertz CT molecular complexity index is 841. The lowest BCUT2D eigenvalue weighted by atomic mass is 10.2. The van der Waals surface area contributed by atoms with Gasteiger partial charge >= 0.3 is 0 Å². The molecule has 3 rings (SSSR count). The minimum atomic E-state index is -0.164. The van der Waals surface area contributed by atoms with Crippen molar-refractivity contribution in [3.8, 4) is 0 Å². The third-order valence-corrected chi connectivity index (χ3v) is 4.47. The van der Waals surface area contributed by atoms with Gasteiger partial charge in [-0.2, -0.15) is 0 Å². The van der Waals surface area contributed by atoms with Crippen LogP contribution in [0.4, 0.5) is 5.82 Å². The Kier molecular flexibility index (Phi) is 4.33. The van der Waals surface area contributed by atoms with E-state index in [4.69, 9.17) is 4.52 Å². The zero-order chi connectivity index (χ0) is 16.2. The van der Waals surface area contributed by atoms with Gasteiger partial charge in [0.2, 0.25) is 0 Å². The molecule has 0 aliphatic heterocycles. The number of carbonyl (C=O) groups excluding carboxylic acids is 1. The van der Waals surface area contributed by atoms with Gasteiger partial charge in [0.15, 0.2) is 0 Å². The predicted molar refractivity (Wildman–Crippen MR) is 88.5 cm³/mol. The Morgan fingerprint density at radius 2 is 2.35 bits per heavy atom. The fourth-order valence-corrected chi connectivity index (χ4v) is 3.24. The number of anilines is 1. The molecular weight excluding hydrogens is 314 g/mol. The molecule has 8 heteroatoms. The summed E-state index contributed by atoms with van der Waals surface area (Å²) in [6.45, 7) is 6.48. The van der Waals surface area contributed by atoms with Gasteiger partial charge in [0, 0.05) is 12.6 Å². The summed E-state index contributed by atoms with van der Waals surface area (Å²) in [6.07, 6.45) is 4.71. The van der Waals surface area contributed by atoms with Crippen LogP contribution in [-0.4, -0.2) is 27.6 Å². The predicted octanol–water partition coefficient (Wildman–Crippen LogP) is 2.52. The zero-order valence-electron chi connectivity index (χ0n) is 12.5. The Balaban J connectivity index is 1.87. The summed E-state index contributed by atoms with van der Waals surface area (Å²) in [5, 5.41) is 10.6. The van der Waals surface area contributed by atoms with E-state index in [-0.39, 0.29) is 5.91 Å². The van der Waals surface area contributed by atoms with Gasteiger partial charge in [-0.05, 0) is 12.5 Å². The maximum absolute atomic E-state index is 12.4. The highest BCUT2D eigenvalue weighted by molar-refractivity contribution is 7.20. The fraction of sp³-hybridized carbons (Fsp3) is 0.200. The molecule has 0 saturated carbocycles. The Labute approximate surface area is 136 Å². The van der Waals surface area contributed by atoms with Crippen molar-refractivity contribution < 1.29 is 9.32 Å². The van der Waals surface area contributed by atoms with Crippen molar-refractivity contribution >= 4 is 33.3 Å². The molecule has 0 spiro atoms. The van der Waals surface area contributed by atoms with Crippen molar-refractivity contribution in [2.24, 2.45) is 0 Å². The van der Waals surface area contributed by atoms with Crippen LogP contribution in [0, 0.1) is 6.92 Å². The lowest BCUT2D eigenvalue weighted by molar-refractivity contribution is 0.0953. The van der Waals surface area contributed by atoms with Crippen molar-refractivity contribution in [2.75, 3.05) is 11.9 Å². The van der Waals surface area contributed by atoms with Gasteiger partial charge in [-0.15, -0.1) is 17.9 Å². The molecule has 118 valence electrons. The van der Waals surface area contributed by atoms with Crippen LogP contribution in [0.3, 0.4) is 0 Å². The van der Waals surface area contributed by atoms with Crippen LogP contribution in [-0.2, 0) is 6.54 Å². The summed E-state index contributed by atoms with van der Waals surface area (Å²) < 4.78 is 4.74. The number of hydrogen-bond donors (Lipinski definition) is 2. The molecule has 0 fully saturated rings. The first-order chi connectivity index (χ1) is 11.2. The first-order valence-corrected chi connectivity index (χ1v) is 7.78. The van der Waals surface area contributed by atoms with Crippen LogP contribution in [0.1, 0.15) is 20.9 Å². The Hall–Kier alpha value is -2.74. The number of carbonyl (C=O) groups is 1. The summed E-state index contributed by atoms with van der Waals surface area (Å²) in [4.78, 5) is 22.3. The highest BCUT2D eigenvalue weighted by Gasteiger charge is 2.19. The zero-order valence-corrected chi connectivity index (χ0v) is 13.3. The molecule has 0 saturated heterocycles. The molecule has 2 N–H and O–H groups in total. The minimum absolute atomic E-state index is 0.164. The lowest BCUT2D eigenvalue weighted by Crippen LogP contribution is -2.22. The van der Waals surface area contributed by atoms with Crippen molar-refractivity contribution in [3.05, 3.63) is 47.4 Å². The maximum atomic E-state index is 12.4. The summed E-state index contributed by atoms with van der Waals surface area (Å²) >= 11 is 1.34. The molecule has 3 aromatic heterocycles. The van der Waals surface area contributed by atoms with Crippen LogP contribution in [0.5, 0.6) is 0 Å². The summed E-state index contributed by atoms with van der Waals surface area (Å²) in [5.41, 5.74) is 1.53. The van der Waals surface area contributed by atoms with Crippen LogP contribution >= 0.6 is 11.3 Å². The third-order valence-electron chi connectivity index (χ3n) is 3.27. The second-order valence-corrected chi connectivity index (χ2v) is 5.80. The number of thiophene rings is 1. The van der Waals surface area contributed by atoms with E-state index in [1.807, 2.05) is 6.92 Å². The van der Waals surface area contributed by atoms with Gasteiger partial charge in [0.05, 0.1) is 16.8 Å². The normalized spacial score (nSPS) is 10.7. The van der Waals surface area contributed by atoms with E-state index in [1.165, 1.54) is 23.9 Å². The molecule has 7 nitrogen and oxygen atoms in total. The van der Waals surface area contributed by atoms with Crippen molar-refractivity contribution in [1.82, 2.24) is 20.4 Å². The summed E-state index contributed by atoms with van der Waals surface area (Å²) in [5.74, 6) is 0.544. The van der Waals surface area contributed by atoms with Crippen molar-refractivity contribution in [1.29, 1.82) is 0 Å². The average molecular weight is 329 g/mol. The van der Waals surface area contributed by atoms with Crippen molar-refractivity contribution in [3.63, 3.8) is 0 Å².